The first kappa shape index (κ1) is 11.5. The number of nitrogens with one attached hydrogen (secondary N) is 2. The molecule has 2 N–H and O–H groups in total. The van der Waals surface area contributed by atoms with Crippen LogP contribution >= 0.6 is 11.6 Å². The van der Waals surface area contributed by atoms with Crippen LogP contribution in [0, 0.1) is 6.92 Å². The molecule has 1 aliphatic heterocycles. The quantitative estimate of drug-likeness (QED) is 0.857. The van der Waals surface area contributed by atoms with Crippen molar-refractivity contribution in [1.29, 1.82) is 0 Å². The van der Waals surface area contributed by atoms with Gasteiger partial charge in [0.25, 0.3) is 5.91 Å². The van der Waals surface area contributed by atoms with Crippen LogP contribution < -0.4 is 10.6 Å². The van der Waals surface area contributed by atoms with Crippen LogP contribution in [-0.4, -0.2) is 17.9 Å². The number of rotatable bonds is 2. The van der Waals surface area contributed by atoms with Crippen LogP contribution in [0.5, 0.6) is 0 Å². The third-order valence-electron chi connectivity index (χ3n) is 3.18. The second-order valence-electron chi connectivity index (χ2n) is 4.80. The molecule has 1 aromatic rings. The fourth-order valence-corrected chi connectivity index (χ4v) is 2.09. The highest BCUT2D eigenvalue weighted by Crippen LogP contribution is 2.26. The number of benzene rings is 1. The molecular formula is C13H14ClN3O. The Balaban J connectivity index is 1.83. The van der Waals surface area contributed by atoms with E-state index in [4.69, 9.17) is 11.6 Å². The van der Waals surface area contributed by atoms with Crippen LogP contribution in [0.1, 0.15) is 30.0 Å². The van der Waals surface area contributed by atoms with Crippen molar-refractivity contribution >= 4 is 23.5 Å². The molecule has 0 bridgehead atoms. The lowest BCUT2D eigenvalue weighted by molar-refractivity contribution is -0.120. The zero-order valence-corrected chi connectivity index (χ0v) is 10.8. The maximum Gasteiger partial charge on any atom is 0.256 e. The van der Waals surface area contributed by atoms with Crippen molar-refractivity contribution in [1.82, 2.24) is 10.6 Å². The topological polar surface area (TPSA) is 53.5 Å². The molecule has 1 aromatic carbocycles. The predicted molar refractivity (Wildman–Crippen MR) is 70.7 cm³/mol. The van der Waals surface area contributed by atoms with Crippen LogP contribution in [0.3, 0.4) is 0 Å². The second kappa shape index (κ2) is 4.28. The van der Waals surface area contributed by atoms with Crippen molar-refractivity contribution < 1.29 is 4.79 Å². The van der Waals surface area contributed by atoms with Crippen molar-refractivity contribution in [2.45, 2.75) is 31.8 Å². The third-order valence-corrected chi connectivity index (χ3v) is 3.59. The van der Waals surface area contributed by atoms with Gasteiger partial charge in [-0.25, -0.2) is 4.99 Å². The summed E-state index contributed by atoms with van der Waals surface area (Å²) >= 11 is 6.07. The maximum atomic E-state index is 11.9. The lowest BCUT2D eigenvalue weighted by Gasteiger charge is -2.06. The van der Waals surface area contributed by atoms with Crippen LogP contribution in [0.2, 0.25) is 5.02 Å². The van der Waals surface area contributed by atoms with E-state index in [9.17, 15) is 4.79 Å². The molecule has 18 heavy (non-hydrogen) atoms. The van der Waals surface area contributed by atoms with Crippen molar-refractivity contribution in [2.24, 2.45) is 4.99 Å². The Morgan fingerprint density at radius 2 is 2.22 bits per heavy atom. The Labute approximate surface area is 110 Å². The van der Waals surface area contributed by atoms with E-state index in [2.05, 4.69) is 15.6 Å². The summed E-state index contributed by atoms with van der Waals surface area (Å²) < 4.78 is 0. The molecule has 0 saturated heterocycles. The fourth-order valence-electron chi connectivity index (χ4n) is 1.90. The molecule has 1 atom stereocenters. The van der Waals surface area contributed by atoms with Crippen molar-refractivity contribution in [2.75, 3.05) is 0 Å². The van der Waals surface area contributed by atoms with Gasteiger partial charge in [0.2, 0.25) is 0 Å². The molecule has 4 nitrogen and oxygen atoms in total. The Bertz CT molecular complexity index is 537. The van der Waals surface area contributed by atoms with E-state index >= 15 is 0 Å². The van der Waals surface area contributed by atoms with E-state index in [1.165, 1.54) is 0 Å². The van der Waals surface area contributed by atoms with Crippen LogP contribution in [-0.2, 0) is 4.79 Å². The standard InChI is InChI=1S/C13H14ClN3O/c1-7-2-3-8(6-10(7)14)11-12(18)17-13(16-11)15-9-4-5-9/h2-3,6,9,11H,4-5H2,1H3,(H2,15,16,17,18). The number of hydrogen-bond donors (Lipinski definition) is 2. The largest absolute Gasteiger partial charge is 0.353 e. The number of hydrogen-bond acceptors (Lipinski definition) is 3. The molecule has 1 heterocycles. The highest BCUT2D eigenvalue weighted by Gasteiger charge is 2.31. The zero-order chi connectivity index (χ0) is 12.7. The van der Waals surface area contributed by atoms with E-state index in [1.54, 1.807) is 0 Å². The summed E-state index contributed by atoms with van der Waals surface area (Å²) in [7, 11) is 0. The van der Waals surface area contributed by atoms with Gasteiger partial charge in [-0.2, -0.15) is 0 Å². The number of nitrogens with zero attached hydrogens (tertiary/aromatic N) is 1. The Morgan fingerprint density at radius 1 is 1.44 bits per heavy atom. The summed E-state index contributed by atoms with van der Waals surface area (Å²) in [5, 5.41) is 6.62. The van der Waals surface area contributed by atoms with E-state index in [0.29, 0.717) is 17.0 Å². The number of aryl methyl sites for hydroxylation is 1. The number of amides is 1. The van der Waals surface area contributed by atoms with E-state index in [0.717, 1.165) is 24.0 Å². The van der Waals surface area contributed by atoms with E-state index < -0.39 is 6.04 Å². The van der Waals surface area contributed by atoms with Gasteiger partial charge in [0.05, 0.1) is 0 Å². The number of aliphatic imine (C=N–C) groups is 1. The summed E-state index contributed by atoms with van der Waals surface area (Å²) in [4.78, 5) is 16.3. The molecule has 2 aliphatic rings. The molecule has 0 spiro atoms. The SMILES string of the molecule is Cc1ccc(C2N=C(NC3CC3)NC2=O)cc1Cl. The number of halogens is 1. The normalized spacial score (nSPS) is 22.7. The summed E-state index contributed by atoms with van der Waals surface area (Å²) in [5.41, 5.74) is 1.83. The van der Waals surface area contributed by atoms with Crippen molar-refractivity contribution in [3.8, 4) is 0 Å². The predicted octanol–water partition coefficient (Wildman–Crippen LogP) is 1.93. The molecular weight excluding hydrogens is 250 g/mol. The van der Waals surface area contributed by atoms with E-state index in [-0.39, 0.29) is 5.91 Å². The van der Waals surface area contributed by atoms with Gasteiger partial charge in [-0.05, 0) is 37.0 Å². The Kier molecular flexibility index (Phi) is 2.74. The molecule has 0 radical (unpaired) electrons. The Morgan fingerprint density at radius 3 is 2.89 bits per heavy atom. The van der Waals surface area contributed by atoms with Crippen LogP contribution in [0.25, 0.3) is 0 Å². The Hall–Kier alpha value is -1.55. The summed E-state index contributed by atoms with van der Waals surface area (Å²) in [6.45, 7) is 1.93. The molecule has 1 amide bonds. The summed E-state index contributed by atoms with van der Waals surface area (Å²) in [6.07, 6.45) is 2.30. The minimum Gasteiger partial charge on any atom is -0.353 e. The van der Waals surface area contributed by atoms with Gasteiger partial charge in [-0.1, -0.05) is 23.7 Å². The minimum absolute atomic E-state index is 0.0990. The van der Waals surface area contributed by atoms with Gasteiger partial charge in [-0.15, -0.1) is 0 Å². The average Bonchev–Trinajstić information content (AvgIpc) is 3.06. The lowest BCUT2D eigenvalue weighted by Crippen LogP contribution is -2.37. The number of carbonyl (C=O) groups excluding carboxylic acids is 1. The first-order valence-electron chi connectivity index (χ1n) is 6.05. The van der Waals surface area contributed by atoms with Crippen LogP contribution in [0.4, 0.5) is 0 Å². The molecule has 0 aromatic heterocycles. The van der Waals surface area contributed by atoms with Gasteiger partial charge in [0.15, 0.2) is 12.0 Å². The highest BCUT2D eigenvalue weighted by atomic mass is 35.5. The second-order valence-corrected chi connectivity index (χ2v) is 5.20. The van der Waals surface area contributed by atoms with Crippen molar-refractivity contribution in [3.63, 3.8) is 0 Å². The number of carbonyl (C=O) groups is 1. The molecule has 1 fully saturated rings. The van der Waals surface area contributed by atoms with Gasteiger partial charge >= 0.3 is 0 Å². The summed E-state index contributed by atoms with van der Waals surface area (Å²) in [6, 6.07) is 5.61. The molecule has 94 valence electrons. The van der Waals surface area contributed by atoms with Gasteiger partial charge in [0, 0.05) is 11.1 Å². The zero-order valence-electron chi connectivity index (χ0n) is 10.0. The first-order chi connectivity index (χ1) is 8.63. The minimum atomic E-state index is -0.482. The molecule has 3 rings (SSSR count). The van der Waals surface area contributed by atoms with Crippen LogP contribution in [0.15, 0.2) is 23.2 Å². The first-order valence-corrected chi connectivity index (χ1v) is 6.42. The average molecular weight is 264 g/mol. The van der Waals surface area contributed by atoms with Gasteiger partial charge in [-0.3, -0.25) is 10.1 Å². The van der Waals surface area contributed by atoms with Crippen molar-refractivity contribution in [3.05, 3.63) is 34.3 Å². The van der Waals surface area contributed by atoms with E-state index in [1.807, 2.05) is 25.1 Å². The van der Waals surface area contributed by atoms with Gasteiger partial charge < -0.3 is 5.32 Å². The molecule has 1 saturated carbocycles. The molecule has 1 unspecified atom stereocenters. The number of guanidine groups is 1. The fraction of sp³-hybridized carbons (Fsp3) is 0.385. The molecule has 5 heteroatoms. The lowest BCUT2D eigenvalue weighted by atomic mass is 10.1. The highest BCUT2D eigenvalue weighted by molar-refractivity contribution is 6.31. The van der Waals surface area contributed by atoms with Gasteiger partial charge in [0.1, 0.15) is 0 Å². The third kappa shape index (κ3) is 2.20. The maximum absolute atomic E-state index is 11.9. The molecule has 1 aliphatic carbocycles. The summed E-state index contributed by atoms with van der Waals surface area (Å²) in [5.74, 6) is 0.488. The monoisotopic (exact) mass is 263 g/mol. The smallest absolute Gasteiger partial charge is 0.256 e.